The molecule has 0 aromatic heterocycles. The molecule has 2 aromatic rings. The highest BCUT2D eigenvalue weighted by molar-refractivity contribution is 7.89. The molecule has 1 aliphatic heterocycles. The first-order chi connectivity index (χ1) is 17.0. The third-order valence-corrected chi connectivity index (χ3v) is 8.95. The topological polar surface area (TPSA) is 69.7 Å². The van der Waals surface area contributed by atoms with Gasteiger partial charge >= 0.3 is 6.18 Å². The number of carbonyl (C=O) groups excluding carboxylic acids is 1. The standard InChI is InChI=1S/C26H32F3N3O3S/c1-18-5-3-6-19(15-18)16-24(30-2)25(33)31-13-11-22(12-14-31)32(21-9-10-21)36(34,35)23-8-4-7-20(17-23)26(27,28)29/h3-8,15,17,21-22,24,30H,9-14,16H2,1-2H3. The van der Waals surface area contributed by atoms with Crippen LogP contribution in [0.5, 0.6) is 0 Å². The van der Waals surface area contributed by atoms with Gasteiger partial charge in [-0.25, -0.2) is 8.42 Å². The Morgan fingerprint density at radius 1 is 1.06 bits per heavy atom. The zero-order chi connectivity index (χ0) is 26.1. The van der Waals surface area contributed by atoms with Crippen LogP contribution in [0.4, 0.5) is 13.2 Å². The maximum Gasteiger partial charge on any atom is 0.416 e. The molecule has 0 radical (unpaired) electrons. The van der Waals surface area contributed by atoms with Crippen molar-refractivity contribution < 1.29 is 26.4 Å². The van der Waals surface area contributed by atoms with E-state index in [0.717, 1.165) is 23.3 Å². The van der Waals surface area contributed by atoms with Crippen molar-refractivity contribution in [3.8, 4) is 0 Å². The molecule has 1 N–H and O–H groups in total. The molecular weight excluding hydrogens is 491 g/mol. The number of carbonyl (C=O) groups is 1. The summed E-state index contributed by atoms with van der Waals surface area (Å²) in [5, 5.41) is 3.10. The van der Waals surface area contributed by atoms with Crippen LogP contribution in [0.3, 0.4) is 0 Å². The molecule has 1 saturated carbocycles. The highest BCUT2D eigenvalue weighted by Gasteiger charge is 2.44. The molecule has 1 aliphatic carbocycles. The largest absolute Gasteiger partial charge is 0.416 e. The summed E-state index contributed by atoms with van der Waals surface area (Å²) in [6, 6.07) is 11.0. The van der Waals surface area contributed by atoms with E-state index >= 15 is 0 Å². The lowest BCUT2D eigenvalue weighted by atomic mass is 10.0. The van der Waals surface area contributed by atoms with Gasteiger partial charge in [0.05, 0.1) is 16.5 Å². The number of nitrogens with one attached hydrogen (secondary N) is 1. The van der Waals surface area contributed by atoms with Gasteiger partial charge in [-0.05, 0) is 69.8 Å². The minimum atomic E-state index is -4.62. The first kappa shape index (κ1) is 26.6. The maximum atomic E-state index is 13.5. The van der Waals surface area contributed by atoms with Crippen LogP contribution in [0.2, 0.25) is 0 Å². The highest BCUT2D eigenvalue weighted by atomic mass is 32.2. The van der Waals surface area contributed by atoms with Gasteiger partial charge in [-0.15, -0.1) is 0 Å². The number of likely N-dealkylation sites (N-methyl/N-ethyl adjacent to an activating group) is 1. The molecule has 1 amide bonds. The van der Waals surface area contributed by atoms with Crippen LogP contribution in [-0.2, 0) is 27.4 Å². The second-order valence-corrected chi connectivity index (χ2v) is 11.5. The Morgan fingerprint density at radius 2 is 1.69 bits per heavy atom. The second-order valence-electron chi connectivity index (χ2n) is 9.68. The lowest BCUT2D eigenvalue weighted by Gasteiger charge is -2.39. The van der Waals surface area contributed by atoms with E-state index in [1.165, 1.54) is 10.4 Å². The summed E-state index contributed by atoms with van der Waals surface area (Å²) in [5.41, 5.74) is 1.20. The van der Waals surface area contributed by atoms with Crippen molar-refractivity contribution in [2.75, 3.05) is 20.1 Å². The average molecular weight is 524 g/mol. The van der Waals surface area contributed by atoms with Crippen LogP contribution in [0.1, 0.15) is 42.4 Å². The fraction of sp³-hybridized carbons (Fsp3) is 0.500. The molecule has 1 saturated heterocycles. The SMILES string of the molecule is CNC(Cc1cccc(C)c1)C(=O)N1CCC(N(C2CC2)S(=O)(=O)c2cccc(C(F)(F)F)c2)CC1. The van der Waals surface area contributed by atoms with Gasteiger partial charge in [0, 0.05) is 25.2 Å². The summed E-state index contributed by atoms with van der Waals surface area (Å²) >= 11 is 0. The Morgan fingerprint density at radius 3 is 2.28 bits per heavy atom. The smallest absolute Gasteiger partial charge is 0.341 e. The summed E-state index contributed by atoms with van der Waals surface area (Å²) in [6.07, 6.45) is -1.80. The van der Waals surface area contributed by atoms with Crippen molar-refractivity contribution in [1.29, 1.82) is 0 Å². The highest BCUT2D eigenvalue weighted by Crippen LogP contribution is 2.38. The second kappa shape index (κ2) is 10.5. The van der Waals surface area contributed by atoms with Gasteiger partial charge in [0.15, 0.2) is 0 Å². The summed E-state index contributed by atoms with van der Waals surface area (Å²) in [5.74, 6) is -0.0313. The van der Waals surface area contributed by atoms with E-state index in [1.807, 2.05) is 25.1 Å². The number of sulfonamides is 1. The van der Waals surface area contributed by atoms with Gasteiger partial charge in [-0.2, -0.15) is 17.5 Å². The number of aryl methyl sites for hydroxylation is 1. The molecule has 6 nitrogen and oxygen atoms in total. The monoisotopic (exact) mass is 523 g/mol. The third kappa shape index (κ3) is 5.92. The number of amides is 1. The van der Waals surface area contributed by atoms with Crippen molar-refractivity contribution in [2.24, 2.45) is 0 Å². The maximum absolute atomic E-state index is 13.5. The summed E-state index contributed by atoms with van der Waals surface area (Å²) < 4.78 is 67.9. The molecule has 1 unspecified atom stereocenters. The van der Waals surface area contributed by atoms with Crippen molar-refractivity contribution in [3.05, 3.63) is 65.2 Å². The molecule has 196 valence electrons. The minimum absolute atomic E-state index is 0.0313. The molecule has 2 aliphatic rings. The predicted molar refractivity (Wildman–Crippen MR) is 131 cm³/mol. The minimum Gasteiger partial charge on any atom is -0.341 e. The molecule has 0 spiro atoms. The Balaban J connectivity index is 1.45. The molecule has 2 fully saturated rings. The average Bonchev–Trinajstić information content (AvgIpc) is 3.67. The first-order valence-electron chi connectivity index (χ1n) is 12.2. The van der Waals surface area contributed by atoms with Gasteiger partial charge in [-0.1, -0.05) is 35.9 Å². The van der Waals surface area contributed by atoms with Crippen molar-refractivity contribution in [3.63, 3.8) is 0 Å². The van der Waals surface area contributed by atoms with E-state index in [2.05, 4.69) is 11.4 Å². The number of alkyl halides is 3. The third-order valence-electron chi connectivity index (χ3n) is 6.95. The molecule has 2 aromatic carbocycles. The Labute approximate surface area is 210 Å². The molecule has 1 heterocycles. The van der Waals surface area contributed by atoms with E-state index in [0.29, 0.717) is 51.3 Å². The van der Waals surface area contributed by atoms with E-state index in [4.69, 9.17) is 0 Å². The van der Waals surface area contributed by atoms with Crippen LogP contribution in [0, 0.1) is 6.92 Å². The molecule has 0 bridgehead atoms. The summed E-state index contributed by atoms with van der Waals surface area (Å²) in [6.45, 7) is 2.80. The van der Waals surface area contributed by atoms with Crippen LogP contribution in [-0.4, -0.2) is 61.8 Å². The Kier molecular flexibility index (Phi) is 7.78. The van der Waals surface area contributed by atoms with Gasteiger partial charge in [0.25, 0.3) is 0 Å². The molecule has 10 heteroatoms. The molecular formula is C26H32F3N3O3S. The van der Waals surface area contributed by atoms with Gasteiger partial charge in [-0.3, -0.25) is 4.79 Å². The van der Waals surface area contributed by atoms with Crippen molar-refractivity contribution in [2.45, 2.75) is 68.2 Å². The van der Waals surface area contributed by atoms with E-state index in [-0.39, 0.29) is 22.9 Å². The number of benzene rings is 2. The molecule has 1 atom stereocenters. The van der Waals surface area contributed by atoms with Crippen LogP contribution in [0.25, 0.3) is 0 Å². The van der Waals surface area contributed by atoms with Crippen LogP contribution < -0.4 is 5.32 Å². The van der Waals surface area contributed by atoms with E-state index in [9.17, 15) is 26.4 Å². The zero-order valence-electron chi connectivity index (χ0n) is 20.5. The van der Waals surface area contributed by atoms with Crippen LogP contribution >= 0.6 is 0 Å². The molecule has 36 heavy (non-hydrogen) atoms. The van der Waals surface area contributed by atoms with Gasteiger partial charge < -0.3 is 10.2 Å². The number of nitrogens with zero attached hydrogens (tertiary/aromatic N) is 2. The fourth-order valence-electron chi connectivity index (χ4n) is 4.92. The Hall–Kier alpha value is -2.43. The number of hydrogen-bond acceptors (Lipinski definition) is 4. The van der Waals surface area contributed by atoms with E-state index < -0.39 is 27.8 Å². The number of rotatable bonds is 8. The number of likely N-dealkylation sites (tertiary alicyclic amines) is 1. The van der Waals surface area contributed by atoms with Crippen LogP contribution in [0.15, 0.2) is 53.4 Å². The first-order valence-corrected chi connectivity index (χ1v) is 13.7. The number of piperidine rings is 1. The number of halogens is 3. The predicted octanol–water partition coefficient (Wildman–Crippen LogP) is 3.99. The van der Waals surface area contributed by atoms with Crippen molar-refractivity contribution in [1.82, 2.24) is 14.5 Å². The quantitative estimate of drug-likeness (QED) is 0.568. The van der Waals surface area contributed by atoms with Gasteiger partial charge in [0.2, 0.25) is 15.9 Å². The summed E-state index contributed by atoms with van der Waals surface area (Å²) in [4.78, 5) is 14.6. The van der Waals surface area contributed by atoms with Gasteiger partial charge in [0.1, 0.15) is 0 Å². The normalized spacial score (nSPS) is 18.4. The van der Waals surface area contributed by atoms with E-state index in [1.54, 1.807) is 11.9 Å². The fourth-order valence-corrected chi connectivity index (χ4v) is 6.90. The van der Waals surface area contributed by atoms with Crippen molar-refractivity contribution >= 4 is 15.9 Å². The number of hydrogen-bond donors (Lipinski definition) is 1. The molecule has 4 rings (SSSR count). The lowest BCUT2D eigenvalue weighted by Crippen LogP contribution is -2.53. The zero-order valence-corrected chi connectivity index (χ0v) is 21.3. The summed E-state index contributed by atoms with van der Waals surface area (Å²) in [7, 11) is -2.35. The lowest BCUT2D eigenvalue weighted by molar-refractivity contribution is -0.137. The Bertz CT molecular complexity index is 1190.